The van der Waals surface area contributed by atoms with Gasteiger partial charge in [-0.3, -0.25) is 4.79 Å². The monoisotopic (exact) mass is 261 g/mol. The minimum atomic E-state index is -0.683. The van der Waals surface area contributed by atoms with Crippen molar-refractivity contribution < 1.29 is 9.90 Å². The van der Waals surface area contributed by atoms with Gasteiger partial charge >= 0.3 is 0 Å². The Morgan fingerprint density at radius 3 is 2.53 bits per heavy atom. The summed E-state index contributed by atoms with van der Waals surface area (Å²) in [5.74, 6) is -0.451. The number of aliphatic hydroxyl groups is 1. The van der Waals surface area contributed by atoms with Gasteiger partial charge in [0.15, 0.2) is 0 Å². The van der Waals surface area contributed by atoms with Crippen LogP contribution in [0.1, 0.15) is 38.0 Å². The van der Waals surface area contributed by atoms with Gasteiger partial charge in [-0.2, -0.15) is 5.26 Å². The number of nitriles is 1. The van der Waals surface area contributed by atoms with Gasteiger partial charge in [0.1, 0.15) is 0 Å². The molecule has 1 aromatic carbocycles. The summed E-state index contributed by atoms with van der Waals surface area (Å²) in [4.78, 5) is 13.0. The quantitative estimate of drug-likeness (QED) is 0.836. The summed E-state index contributed by atoms with van der Waals surface area (Å²) in [6.45, 7) is 5.54. The molecule has 5 heteroatoms. The summed E-state index contributed by atoms with van der Waals surface area (Å²) >= 11 is 0. The molecule has 0 unspecified atom stereocenters. The smallest absolute Gasteiger partial charge is 0.236 e. The van der Waals surface area contributed by atoms with Crippen LogP contribution in [0.15, 0.2) is 18.2 Å². The first kappa shape index (κ1) is 15.0. The average Bonchev–Trinajstić information content (AvgIpc) is 2.34. The average molecular weight is 261 g/mol. The summed E-state index contributed by atoms with van der Waals surface area (Å²) < 4.78 is 0. The standard InChI is InChI=1S/C14H19N3O2/c1-9(2)17(8-14(16)19)13-6-11(7-15)4-5-12(13)10(3)18/h4-6,9-10,18H,8H2,1-3H3,(H2,16,19)/t10-/m1/s1. The molecule has 1 rings (SSSR count). The van der Waals surface area contributed by atoms with Crippen LogP contribution < -0.4 is 10.6 Å². The molecular formula is C14H19N3O2. The summed E-state index contributed by atoms with van der Waals surface area (Å²) in [6, 6.07) is 7.11. The molecule has 0 aliphatic rings. The molecule has 0 saturated carbocycles. The summed E-state index contributed by atoms with van der Waals surface area (Å²) in [5, 5.41) is 18.8. The number of benzene rings is 1. The van der Waals surface area contributed by atoms with Crippen LogP contribution in [0.2, 0.25) is 0 Å². The molecule has 1 aromatic rings. The van der Waals surface area contributed by atoms with Crippen LogP contribution in [0.5, 0.6) is 0 Å². The fourth-order valence-corrected chi connectivity index (χ4v) is 1.93. The fraction of sp³-hybridized carbons (Fsp3) is 0.429. The number of anilines is 1. The van der Waals surface area contributed by atoms with E-state index in [-0.39, 0.29) is 12.6 Å². The van der Waals surface area contributed by atoms with Crippen molar-refractivity contribution in [3.05, 3.63) is 29.3 Å². The van der Waals surface area contributed by atoms with Crippen LogP contribution in [0, 0.1) is 11.3 Å². The van der Waals surface area contributed by atoms with Crippen molar-refractivity contribution in [1.29, 1.82) is 5.26 Å². The first-order valence-corrected chi connectivity index (χ1v) is 6.13. The number of carbonyl (C=O) groups is 1. The molecule has 1 amide bonds. The van der Waals surface area contributed by atoms with E-state index in [2.05, 4.69) is 6.07 Å². The second-order valence-corrected chi connectivity index (χ2v) is 4.75. The van der Waals surface area contributed by atoms with Gasteiger partial charge in [0.25, 0.3) is 0 Å². The van der Waals surface area contributed by atoms with E-state index in [9.17, 15) is 9.90 Å². The first-order valence-electron chi connectivity index (χ1n) is 6.13. The van der Waals surface area contributed by atoms with E-state index in [1.54, 1.807) is 30.0 Å². The third-order valence-corrected chi connectivity index (χ3v) is 2.87. The Hall–Kier alpha value is -2.06. The van der Waals surface area contributed by atoms with Crippen LogP contribution in [0.4, 0.5) is 5.69 Å². The van der Waals surface area contributed by atoms with Crippen molar-refractivity contribution in [2.75, 3.05) is 11.4 Å². The molecule has 0 fully saturated rings. The highest BCUT2D eigenvalue weighted by molar-refractivity contribution is 5.80. The van der Waals surface area contributed by atoms with Crippen molar-refractivity contribution >= 4 is 11.6 Å². The molecule has 0 saturated heterocycles. The molecule has 0 spiro atoms. The molecule has 0 heterocycles. The number of amides is 1. The van der Waals surface area contributed by atoms with Gasteiger partial charge in [-0.05, 0) is 32.9 Å². The van der Waals surface area contributed by atoms with Crippen molar-refractivity contribution in [2.45, 2.75) is 32.9 Å². The van der Waals surface area contributed by atoms with Crippen LogP contribution >= 0.6 is 0 Å². The predicted octanol–water partition coefficient (Wildman–Crippen LogP) is 1.31. The molecule has 5 nitrogen and oxygen atoms in total. The minimum absolute atomic E-state index is 0.0268. The van der Waals surface area contributed by atoms with Gasteiger partial charge in [0.05, 0.1) is 24.3 Å². The van der Waals surface area contributed by atoms with Crippen molar-refractivity contribution in [3.8, 4) is 6.07 Å². The zero-order valence-corrected chi connectivity index (χ0v) is 11.4. The maximum Gasteiger partial charge on any atom is 0.236 e. The van der Waals surface area contributed by atoms with Gasteiger partial charge in [0, 0.05) is 17.3 Å². The zero-order chi connectivity index (χ0) is 14.6. The van der Waals surface area contributed by atoms with Crippen molar-refractivity contribution in [1.82, 2.24) is 0 Å². The Balaban J connectivity index is 3.33. The Kier molecular flexibility index (Phi) is 4.90. The third-order valence-electron chi connectivity index (χ3n) is 2.87. The number of rotatable bonds is 5. The third kappa shape index (κ3) is 3.70. The normalized spacial score (nSPS) is 12.0. The molecule has 0 radical (unpaired) electrons. The second-order valence-electron chi connectivity index (χ2n) is 4.75. The molecule has 3 N–H and O–H groups in total. The Morgan fingerprint density at radius 1 is 1.47 bits per heavy atom. The number of hydrogen-bond donors (Lipinski definition) is 2. The Morgan fingerprint density at radius 2 is 2.11 bits per heavy atom. The minimum Gasteiger partial charge on any atom is -0.389 e. The number of hydrogen-bond acceptors (Lipinski definition) is 4. The summed E-state index contributed by atoms with van der Waals surface area (Å²) in [7, 11) is 0. The SMILES string of the molecule is CC(C)N(CC(N)=O)c1cc(C#N)ccc1[C@@H](C)O. The molecule has 0 bridgehead atoms. The molecule has 102 valence electrons. The number of nitrogens with two attached hydrogens (primary N) is 1. The zero-order valence-electron chi connectivity index (χ0n) is 11.4. The molecule has 0 aliphatic heterocycles. The van der Waals surface area contributed by atoms with Crippen LogP contribution in [0.3, 0.4) is 0 Å². The summed E-state index contributed by atoms with van der Waals surface area (Å²) in [6.07, 6.45) is -0.683. The molecule has 1 atom stereocenters. The molecular weight excluding hydrogens is 242 g/mol. The number of aliphatic hydroxyl groups excluding tert-OH is 1. The van der Waals surface area contributed by atoms with Gasteiger partial charge in [-0.15, -0.1) is 0 Å². The highest BCUT2D eigenvalue weighted by Gasteiger charge is 2.19. The van der Waals surface area contributed by atoms with E-state index in [1.165, 1.54) is 0 Å². The topological polar surface area (TPSA) is 90.4 Å². The lowest BCUT2D eigenvalue weighted by molar-refractivity contribution is -0.116. The Labute approximate surface area is 113 Å². The van der Waals surface area contributed by atoms with E-state index in [0.717, 1.165) is 0 Å². The fourth-order valence-electron chi connectivity index (χ4n) is 1.93. The van der Waals surface area contributed by atoms with E-state index in [4.69, 9.17) is 11.0 Å². The van der Waals surface area contributed by atoms with Crippen LogP contribution in [-0.4, -0.2) is 23.6 Å². The van der Waals surface area contributed by atoms with Crippen LogP contribution in [-0.2, 0) is 4.79 Å². The highest BCUT2D eigenvalue weighted by Crippen LogP contribution is 2.28. The molecule has 0 aliphatic carbocycles. The lowest BCUT2D eigenvalue weighted by atomic mass is 10.0. The largest absolute Gasteiger partial charge is 0.389 e. The van der Waals surface area contributed by atoms with Crippen LogP contribution in [0.25, 0.3) is 0 Å². The van der Waals surface area contributed by atoms with Gasteiger partial charge < -0.3 is 15.7 Å². The number of carbonyl (C=O) groups excluding carboxylic acids is 1. The predicted molar refractivity (Wildman–Crippen MR) is 73.5 cm³/mol. The van der Waals surface area contributed by atoms with E-state index in [1.807, 2.05) is 13.8 Å². The van der Waals surface area contributed by atoms with Gasteiger partial charge in [-0.1, -0.05) is 6.07 Å². The maximum atomic E-state index is 11.2. The van der Waals surface area contributed by atoms with Crippen molar-refractivity contribution in [3.63, 3.8) is 0 Å². The van der Waals surface area contributed by atoms with E-state index >= 15 is 0 Å². The van der Waals surface area contributed by atoms with E-state index < -0.39 is 12.0 Å². The molecule has 0 aromatic heterocycles. The van der Waals surface area contributed by atoms with Gasteiger partial charge in [0.2, 0.25) is 5.91 Å². The number of primary amides is 1. The highest BCUT2D eigenvalue weighted by atomic mass is 16.3. The van der Waals surface area contributed by atoms with E-state index in [0.29, 0.717) is 16.8 Å². The lowest BCUT2D eigenvalue weighted by Crippen LogP contribution is -2.39. The van der Waals surface area contributed by atoms with Gasteiger partial charge in [-0.25, -0.2) is 0 Å². The lowest BCUT2D eigenvalue weighted by Gasteiger charge is -2.30. The first-order chi connectivity index (χ1) is 8.86. The Bertz CT molecular complexity index is 504. The van der Waals surface area contributed by atoms with Crippen molar-refractivity contribution in [2.24, 2.45) is 5.73 Å². The number of nitrogens with zero attached hydrogens (tertiary/aromatic N) is 2. The maximum absolute atomic E-state index is 11.2. The molecule has 19 heavy (non-hydrogen) atoms. The summed E-state index contributed by atoms with van der Waals surface area (Å²) in [5.41, 5.74) is 7.08. The second kappa shape index (κ2) is 6.21.